The van der Waals surface area contributed by atoms with Crippen molar-refractivity contribution in [2.45, 2.75) is 195 Å². The number of aliphatic imine (C=N–C) groups is 1. The second kappa shape index (κ2) is 50.1. The predicted molar refractivity (Wildman–Crippen MR) is 375 cm³/mol. The summed E-state index contributed by atoms with van der Waals surface area (Å²) in [4.78, 5) is 4.57. The van der Waals surface area contributed by atoms with Crippen molar-refractivity contribution in [3.8, 4) is 0 Å². The van der Waals surface area contributed by atoms with Crippen LogP contribution in [-0.2, 0) is 23.5 Å². The quantitative estimate of drug-likeness (QED) is 0.121. The van der Waals surface area contributed by atoms with Gasteiger partial charge in [0.1, 0.15) is 5.58 Å². The fourth-order valence-corrected chi connectivity index (χ4v) is 7.86. The summed E-state index contributed by atoms with van der Waals surface area (Å²) >= 11 is 1.79. The zero-order valence-corrected chi connectivity index (χ0v) is 57.9. The van der Waals surface area contributed by atoms with Gasteiger partial charge in [-0.2, -0.15) is 5.10 Å². The predicted octanol–water partition coefficient (Wildman–Crippen LogP) is 26.0. The standard InChI is InChI=1S/C11H13N.C10H8.C8H6O.C8H6S.C7H6N2.2C5H10.C5H12.4C4H10.2CH3.Fe/c1-8(2)11-7-9-5-3-4-6-10(9)12-11;1-2-6-10-8-4-3-7-9(10)5-1;2*1-2-4-8-7(3-1)5-6-9-8;1-2-6-9-7(3-1)4-5-8-9;2*1-2-4-5-3-1;1-5(2,3)4;4*1-4(2)3;;;/h3-6,8H,7H2,1-2H3;1-8H;3*1-6H;2*1-5H2;1-4H3;4*4H,1-3H3;2*1H3;/q;;;;;;;;;;;;2*-1;+2. The molecule has 5 aromatic carbocycles. The van der Waals surface area contributed by atoms with E-state index in [1.807, 2.05) is 71.4 Å². The Morgan fingerprint density at radius 3 is 1.24 bits per heavy atom. The topological polar surface area (TPSA) is 42.8 Å². The van der Waals surface area contributed by atoms with Crippen molar-refractivity contribution in [2.75, 3.05) is 0 Å². The molecule has 0 unspecified atom stereocenters. The van der Waals surface area contributed by atoms with Gasteiger partial charge in [-0.15, -0.1) is 11.3 Å². The number of aromatic nitrogens is 2. The molecule has 5 heterocycles. The maximum Gasteiger partial charge on any atom is 2.00 e. The molecule has 83 heavy (non-hydrogen) atoms. The first-order valence-corrected chi connectivity index (χ1v) is 31.3. The zero-order valence-electron chi connectivity index (χ0n) is 56.0. The molecule has 0 radical (unpaired) electrons. The average Bonchev–Trinajstić information content (AvgIpc) is 4.32. The van der Waals surface area contributed by atoms with E-state index in [9.17, 15) is 0 Å². The number of pyridine rings is 1. The molecule has 2 fully saturated rings. The van der Waals surface area contributed by atoms with Crippen LogP contribution in [-0.4, -0.2) is 15.3 Å². The average molecular weight is 1190 g/mol. The first-order valence-electron chi connectivity index (χ1n) is 30.4. The van der Waals surface area contributed by atoms with Crippen LogP contribution in [0.4, 0.5) is 5.69 Å². The molecular weight excluding hydrogens is 1070 g/mol. The fraction of sp³-hybridized carbons (Fsp3) is 0.455. The second-order valence-corrected chi connectivity index (χ2v) is 26.1. The van der Waals surface area contributed by atoms with Crippen LogP contribution in [0, 0.1) is 49.9 Å². The second-order valence-electron chi connectivity index (χ2n) is 25.2. The van der Waals surface area contributed by atoms with Crippen LogP contribution in [0.15, 0.2) is 191 Å². The molecule has 0 spiro atoms. The molecule has 0 atom stereocenters. The normalized spacial score (nSPS) is 12.0. The molecule has 0 bridgehead atoms. The zero-order chi connectivity index (χ0) is 59.6. The largest absolute Gasteiger partial charge is 2.00 e. The summed E-state index contributed by atoms with van der Waals surface area (Å²) in [6.07, 6.45) is 21.5. The number of hydrogen-bond donors (Lipinski definition) is 0. The van der Waals surface area contributed by atoms with Crippen molar-refractivity contribution < 1.29 is 21.5 Å². The first kappa shape index (κ1) is 82.0. The van der Waals surface area contributed by atoms with E-state index in [1.165, 1.54) is 102 Å². The van der Waals surface area contributed by atoms with E-state index < -0.39 is 0 Å². The van der Waals surface area contributed by atoms with Gasteiger partial charge in [0.25, 0.3) is 0 Å². The molecule has 0 N–H and O–H groups in total. The number of para-hydroxylation sites is 2. The van der Waals surface area contributed by atoms with E-state index in [4.69, 9.17) is 4.42 Å². The summed E-state index contributed by atoms with van der Waals surface area (Å²) in [7, 11) is 0. The number of hydrogen-bond acceptors (Lipinski definition) is 4. The summed E-state index contributed by atoms with van der Waals surface area (Å²) in [6.45, 7) is 39.1. The molecule has 12 rings (SSSR count). The Kier molecular flexibility index (Phi) is 49.5. The molecule has 0 amide bonds. The Balaban J connectivity index is -0.000000856. The van der Waals surface area contributed by atoms with Crippen molar-refractivity contribution >= 4 is 60.1 Å². The molecule has 0 saturated heterocycles. The van der Waals surface area contributed by atoms with Gasteiger partial charge in [-0.05, 0) is 111 Å². The third-order valence-corrected chi connectivity index (χ3v) is 11.4. The van der Waals surface area contributed by atoms with Gasteiger partial charge in [0.2, 0.25) is 0 Å². The Hall–Kier alpha value is -5.26. The maximum atomic E-state index is 5.12. The number of thiophene rings is 1. The third-order valence-electron chi connectivity index (χ3n) is 10.5. The van der Waals surface area contributed by atoms with E-state index in [-0.39, 0.29) is 31.9 Å². The third kappa shape index (κ3) is 45.8. The smallest absolute Gasteiger partial charge is 0.464 e. The van der Waals surface area contributed by atoms with Crippen LogP contribution in [0.2, 0.25) is 0 Å². The fourth-order valence-electron chi connectivity index (χ4n) is 7.07. The molecule has 4 aromatic heterocycles. The Morgan fingerprint density at radius 1 is 0.446 bits per heavy atom. The molecule has 2 aliphatic carbocycles. The van der Waals surface area contributed by atoms with Gasteiger partial charge in [-0.25, -0.2) is 4.52 Å². The summed E-state index contributed by atoms with van der Waals surface area (Å²) in [5.74, 6) is 3.91. The Bertz CT molecular complexity index is 2490. The van der Waals surface area contributed by atoms with E-state index in [0.717, 1.165) is 46.6 Å². The van der Waals surface area contributed by atoms with Crippen LogP contribution < -0.4 is 0 Å². The van der Waals surface area contributed by atoms with E-state index in [0.29, 0.717) is 11.3 Å². The van der Waals surface area contributed by atoms with Crippen molar-refractivity contribution in [3.63, 3.8) is 0 Å². The van der Waals surface area contributed by atoms with Gasteiger partial charge in [-0.3, -0.25) is 4.99 Å². The van der Waals surface area contributed by atoms with E-state index in [2.05, 4.69) is 237 Å². The van der Waals surface area contributed by atoms with Crippen molar-refractivity contribution in [2.24, 2.45) is 40.0 Å². The SMILES string of the molecule is C1CCCC1.C1CCCC1.CC(C)(C)C.CC(C)C.CC(C)C.CC(C)C.CC(C)C.CC(C)C1=Nc2ccccc2C1.[CH3-].[CH3-].[Fe+2].c1ccc2ccccc2c1.c1ccc2occc2c1.c1ccc2sccc2c1.c1ccn2nccc2c1. The van der Waals surface area contributed by atoms with Crippen molar-refractivity contribution in [1.82, 2.24) is 9.61 Å². The molecule has 4 nitrogen and oxygen atoms in total. The Morgan fingerprint density at radius 2 is 0.831 bits per heavy atom. The molecule has 2 saturated carbocycles. The van der Waals surface area contributed by atoms with Gasteiger partial charge in [0.15, 0.2) is 0 Å². The van der Waals surface area contributed by atoms with Crippen LogP contribution in [0.5, 0.6) is 0 Å². The monoisotopic (exact) mass is 1190 g/mol. The molecule has 3 aliphatic rings. The number of fused-ring (bicyclic) bond motifs is 5. The summed E-state index contributed by atoms with van der Waals surface area (Å²) in [5, 5.41) is 11.3. The van der Waals surface area contributed by atoms with E-state index in [1.54, 1.807) is 23.8 Å². The van der Waals surface area contributed by atoms with Crippen LogP contribution >= 0.6 is 11.3 Å². The van der Waals surface area contributed by atoms with Crippen LogP contribution in [0.3, 0.4) is 0 Å². The number of nitrogens with zero attached hydrogens (tertiary/aromatic N) is 3. The van der Waals surface area contributed by atoms with Gasteiger partial charge in [-0.1, -0.05) is 298 Å². The van der Waals surface area contributed by atoms with Gasteiger partial charge in [0.05, 0.1) is 17.5 Å². The number of furan rings is 1. The summed E-state index contributed by atoms with van der Waals surface area (Å²) < 4.78 is 8.32. The summed E-state index contributed by atoms with van der Waals surface area (Å²) in [6, 6.07) is 53.5. The Labute approximate surface area is 525 Å². The molecular formula is C77H117FeN3OS. The van der Waals surface area contributed by atoms with Gasteiger partial charge >= 0.3 is 17.1 Å². The summed E-state index contributed by atoms with van der Waals surface area (Å²) in [5.41, 5.74) is 6.45. The molecule has 9 aromatic rings. The first-order chi connectivity index (χ1) is 38.1. The number of benzene rings is 5. The van der Waals surface area contributed by atoms with Gasteiger partial charge < -0.3 is 19.3 Å². The minimum absolute atomic E-state index is 0. The van der Waals surface area contributed by atoms with Crippen molar-refractivity contribution in [1.29, 1.82) is 0 Å². The number of rotatable bonds is 1. The minimum Gasteiger partial charge on any atom is -0.464 e. The van der Waals surface area contributed by atoms with Gasteiger partial charge in [0, 0.05) is 34.6 Å². The molecule has 1 aliphatic heterocycles. The molecule has 460 valence electrons. The van der Waals surface area contributed by atoms with Crippen LogP contribution in [0.25, 0.3) is 37.3 Å². The minimum atomic E-state index is 0. The van der Waals surface area contributed by atoms with Crippen molar-refractivity contribution in [3.05, 3.63) is 202 Å². The van der Waals surface area contributed by atoms with Crippen LogP contribution in [0.1, 0.15) is 194 Å². The maximum absolute atomic E-state index is 5.12. The van der Waals surface area contributed by atoms with E-state index >= 15 is 0 Å². The molecule has 6 heteroatoms.